The Labute approximate surface area is 118 Å². The summed E-state index contributed by atoms with van der Waals surface area (Å²) in [6.07, 6.45) is 1.83. The first kappa shape index (κ1) is 11.6. The number of thiazole rings is 1. The lowest BCUT2D eigenvalue weighted by molar-refractivity contribution is 1.41. The molecular formula is C15H10BrNS. The normalized spacial score (nSPS) is 10.5. The Morgan fingerprint density at radius 1 is 0.944 bits per heavy atom. The van der Waals surface area contributed by atoms with Gasteiger partial charge in [0.15, 0.2) is 0 Å². The third kappa shape index (κ3) is 2.24. The molecule has 0 aliphatic rings. The van der Waals surface area contributed by atoms with E-state index in [-0.39, 0.29) is 0 Å². The zero-order valence-electron chi connectivity index (χ0n) is 9.51. The van der Waals surface area contributed by atoms with Crippen LogP contribution in [0.15, 0.2) is 64.6 Å². The molecule has 0 N–H and O–H groups in total. The molecule has 0 amide bonds. The van der Waals surface area contributed by atoms with E-state index >= 15 is 0 Å². The number of hydrogen-bond acceptors (Lipinski definition) is 2. The third-order valence-electron chi connectivity index (χ3n) is 2.73. The van der Waals surface area contributed by atoms with Crippen LogP contribution < -0.4 is 0 Å². The maximum Gasteiger partial charge on any atom is 0.123 e. The molecule has 0 fully saturated rings. The number of benzene rings is 2. The molecule has 0 aliphatic carbocycles. The molecule has 0 saturated carbocycles. The van der Waals surface area contributed by atoms with Crippen LogP contribution in [0.25, 0.3) is 21.7 Å². The average Bonchev–Trinajstić information content (AvgIpc) is 2.93. The van der Waals surface area contributed by atoms with Gasteiger partial charge in [0.05, 0.1) is 0 Å². The summed E-state index contributed by atoms with van der Waals surface area (Å²) in [6, 6.07) is 16.7. The summed E-state index contributed by atoms with van der Waals surface area (Å²) in [7, 11) is 0. The predicted molar refractivity (Wildman–Crippen MR) is 80.7 cm³/mol. The molecule has 0 atom stereocenters. The number of rotatable bonds is 2. The highest BCUT2D eigenvalue weighted by Crippen LogP contribution is 2.32. The van der Waals surface area contributed by atoms with Gasteiger partial charge in [0.25, 0.3) is 0 Å². The van der Waals surface area contributed by atoms with Gasteiger partial charge in [-0.05, 0) is 17.2 Å². The Morgan fingerprint density at radius 3 is 2.44 bits per heavy atom. The van der Waals surface area contributed by atoms with Crippen molar-refractivity contribution in [2.75, 3.05) is 0 Å². The molecule has 3 rings (SSSR count). The van der Waals surface area contributed by atoms with E-state index in [0.29, 0.717) is 0 Å². The van der Waals surface area contributed by atoms with Crippen LogP contribution in [0, 0.1) is 0 Å². The highest BCUT2D eigenvalue weighted by Gasteiger charge is 2.06. The Balaban J connectivity index is 2.05. The first-order chi connectivity index (χ1) is 8.84. The SMILES string of the molecule is Brc1cc(-c2nccs2)ccc1-c1ccccc1. The number of hydrogen-bond donors (Lipinski definition) is 0. The smallest absolute Gasteiger partial charge is 0.123 e. The van der Waals surface area contributed by atoms with Gasteiger partial charge in [-0.3, -0.25) is 0 Å². The second-order valence-corrected chi connectivity index (χ2v) is 5.65. The maximum absolute atomic E-state index is 4.33. The molecule has 3 aromatic rings. The molecule has 1 heterocycles. The fraction of sp³-hybridized carbons (Fsp3) is 0. The molecule has 88 valence electrons. The van der Waals surface area contributed by atoms with Gasteiger partial charge in [-0.25, -0.2) is 4.98 Å². The van der Waals surface area contributed by atoms with Crippen molar-refractivity contribution >= 4 is 27.3 Å². The third-order valence-corrected chi connectivity index (χ3v) is 4.21. The van der Waals surface area contributed by atoms with Crippen LogP contribution in [0.2, 0.25) is 0 Å². The van der Waals surface area contributed by atoms with Gasteiger partial charge in [0, 0.05) is 21.6 Å². The minimum absolute atomic E-state index is 1.05. The summed E-state index contributed by atoms with van der Waals surface area (Å²) in [5.74, 6) is 0. The molecule has 2 aromatic carbocycles. The second kappa shape index (κ2) is 5.04. The Kier molecular flexibility index (Phi) is 3.26. The molecule has 1 nitrogen and oxygen atoms in total. The summed E-state index contributed by atoms with van der Waals surface area (Å²) >= 11 is 5.30. The molecule has 3 heteroatoms. The molecule has 0 bridgehead atoms. The summed E-state index contributed by atoms with van der Waals surface area (Å²) in [4.78, 5) is 4.33. The quantitative estimate of drug-likeness (QED) is 0.630. The van der Waals surface area contributed by atoms with Crippen LogP contribution in [0.5, 0.6) is 0 Å². The van der Waals surface area contributed by atoms with E-state index in [1.54, 1.807) is 11.3 Å². The minimum Gasteiger partial charge on any atom is -0.245 e. The van der Waals surface area contributed by atoms with E-state index < -0.39 is 0 Å². The largest absolute Gasteiger partial charge is 0.245 e. The first-order valence-electron chi connectivity index (χ1n) is 5.59. The Hall–Kier alpha value is -1.45. The lowest BCUT2D eigenvalue weighted by Crippen LogP contribution is -1.82. The van der Waals surface area contributed by atoms with Gasteiger partial charge in [-0.1, -0.05) is 58.4 Å². The molecule has 1 aromatic heterocycles. The van der Waals surface area contributed by atoms with E-state index in [4.69, 9.17) is 0 Å². The van der Waals surface area contributed by atoms with E-state index in [2.05, 4.69) is 63.4 Å². The number of halogens is 1. The van der Waals surface area contributed by atoms with Crippen molar-refractivity contribution < 1.29 is 0 Å². The topological polar surface area (TPSA) is 12.9 Å². The van der Waals surface area contributed by atoms with Crippen LogP contribution in [0.4, 0.5) is 0 Å². The van der Waals surface area contributed by atoms with E-state index in [1.165, 1.54) is 11.1 Å². The van der Waals surface area contributed by atoms with Gasteiger partial charge in [0.1, 0.15) is 5.01 Å². The Morgan fingerprint density at radius 2 is 1.78 bits per heavy atom. The molecule has 0 saturated heterocycles. The van der Waals surface area contributed by atoms with Crippen molar-refractivity contribution in [3.8, 4) is 21.7 Å². The molecule has 0 unspecified atom stereocenters. The van der Waals surface area contributed by atoms with Crippen LogP contribution in [0.3, 0.4) is 0 Å². The van der Waals surface area contributed by atoms with Crippen LogP contribution in [-0.2, 0) is 0 Å². The van der Waals surface area contributed by atoms with Gasteiger partial charge < -0.3 is 0 Å². The maximum atomic E-state index is 4.33. The fourth-order valence-corrected chi connectivity index (χ4v) is 3.11. The first-order valence-corrected chi connectivity index (χ1v) is 7.27. The van der Waals surface area contributed by atoms with Crippen LogP contribution in [0.1, 0.15) is 0 Å². The molecule has 0 radical (unpaired) electrons. The fourth-order valence-electron chi connectivity index (χ4n) is 1.87. The standard InChI is InChI=1S/C15H10BrNS/c16-14-10-12(15-17-8-9-18-15)6-7-13(14)11-4-2-1-3-5-11/h1-10H. The number of nitrogens with zero attached hydrogens (tertiary/aromatic N) is 1. The van der Waals surface area contributed by atoms with Crippen LogP contribution >= 0.6 is 27.3 Å². The van der Waals surface area contributed by atoms with Gasteiger partial charge >= 0.3 is 0 Å². The minimum atomic E-state index is 1.05. The number of aromatic nitrogens is 1. The van der Waals surface area contributed by atoms with Gasteiger partial charge in [-0.15, -0.1) is 11.3 Å². The lowest BCUT2D eigenvalue weighted by Gasteiger charge is -2.06. The average molecular weight is 316 g/mol. The van der Waals surface area contributed by atoms with Crippen molar-refractivity contribution in [3.05, 3.63) is 64.6 Å². The lowest BCUT2D eigenvalue weighted by atomic mass is 10.0. The van der Waals surface area contributed by atoms with Crippen molar-refractivity contribution in [2.45, 2.75) is 0 Å². The van der Waals surface area contributed by atoms with Crippen molar-refractivity contribution in [2.24, 2.45) is 0 Å². The highest BCUT2D eigenvalue weighted by atomic mass is 79.9. The summed E-state index contributed by atoms with van der Waals surface area (Å²) in [6.45, 7) is 0. The summed E-state index contributed by atoms with van der Waals surface area (Å²) in [5.41, 5.74) is 3.57. The summed E-state index contributed by atoms with van der Waals surface area (Å²) < 4.78 is 1.10. The van der Waals surface area contributed by atoms with E-state index in [0.717, 1.165) is 15.0 Å². The molecule has 18 heavy (non-hydrogen) atoms. The molecule has 0 aliphatic heterocycles. The zero-order chi connectivity index (χ0) is 12.4. The predicted octanol–water partition coefficient (Wildman–Crippen LogP) is 5.24. The Bertz CT molecular complexity index is 648. The van der Waals surface area contributed by atoms with Crippen LogP contribution in [-0.4, -0.2) is 4.98 Å². The van der Waals surface area contributed by atoms with Crippen molar-refractivity contribution in [3.63, 3.8) is 0 Å². The van der Waals surface area contributed by atoms with E-state index in [9.17, 15) is 0 Å². The molecule has 0 spiro atoms. The molecular weight excluding hydrogens is 306 g/mol. The second-order valence-electron chi connectivity index (χ2n) is 3.90. The monoisotopic (exact) mass is 315 g/mol. The van der Waals surface area contributed by atoms with E-state index in [1.807, 2.05) is 17.6 Å². The van der Waals surface area contributed by atoms with Crippen molar-refractivity contribution in [1.82, 2.24) is 4.98 Å². The highest BCUT2D eigenvalue weighted by molar-refractivity contribution is 9.10. The van der Waals surface area contributed by atoms with Gasteiger partial charge in [0.2, 0.25) is 0 Å². The summed E-state index contributed by atoms with van der Waals surface area (Å²) in [5, 5.41) is 3.05. The van der Waals surface area contributed by atoms with Crippen molar-refractivity contribution in [1.29, 1.82) is 0 Å². The zero-order valence-corrected chi connectivity index (χ0v) is 11.9. The van der Waals surface area contributed by atoms with Gasteiger partial charge in [-0.2, -0.15) is 0 Å².